The van der Waals surface area contributed by atoms with Gasteiger partial charge in [-0.3, -0.25) is 4.79 Å². The molecule has 0 saturated carbocycles. The summed E-state index contributed by atoms with van der Waals surface area (Å²) in [5, 5.41) is 0. The van der Waals surface area contributed by atoms with Crippen LogP contribution in [0.4, 0.5) is 8.78 Å². The van der Waals surface area contributed by atoms with E-state index in [0.717, 1.165) is 12.5 Å². The van der Waals surface area contributed by atoms with E-state index in [2.05, 4.69) is 0 Å². The first-order chi connectivity index (χ1) is 7.37. The largest absolute Gasteiger partial charge is 0.487 e. The highest BCUT2D eigenvalue weighted by Crippen LogP contribution is 2.17. The fraction of sp³-hybridized carbons (Fsp3) is 0.417. The second kappa shape index (κ2) is 5.05. The highest BCUT2D eigenvalue weighted by molar-refractivity contribution is 5.78. The molecule has 0 unspecified atom stereocenters. The Hall–Kier alpha value is -1.45. The molecule has 0 spiro atoms. The maximum atomic E-state index is 12.5. The minimum atomic E-state index is -2.84. The fourth-order valence-electron chi connectivity index (χ4n) is 1.20. The molecular weight excluding hydrogens is 214 g/mol. The van der Waals surface area contributed by atoms with Crippen molar-refractivity contribution < 1.29 is 18.3 Å². The van der Waals surface area contributed by atoms with Crippen LogP contribution in [0.15, 0.2) is 24.3 Å². The summed E-state index contributed by atoms with van der Waals surface area (Å²) in [6.07, 6.45) is 0.351. The Morgan fingerprint density at radius 2 is 1.88 bits per heavy atom. The van der Waals surface area contributed by atoms with Gasteiger partial charge in [-0.25, -0.2) is 8.78 Å². The first-order valence-corrected chi connectivity index (χ1v) is 4.96. The predicted molar refractivity (Wildman–Crippen MR) is 56.9 cm³/mol. The first-order valence-electron chi connectivity index (χ1n) is 4.96. The Morgan fingerprint density at radius 3 is 2.31 bits per heavy atom. The average Bonchev–Trinajstić information content (AvgIpc) is 2.14. The summed E-state index contributed by atoms with van der Waals surface area (Å²) in [6, 6.07) is 6.57. The Morgan fingerprint density at radius 1 is 1.31 bits per heavy atom. The summed E-state index contributed by atoms with van der Waals surface area (Å²) in [4.78, 5) is 10.8. The number of carbonyl (C=O) groups is 1. The van der Waals surface area contributed by atoms with Crippen molar-refractivity contribution in [1.29, 1.82) is 0 Å². The Kier molecular flexibility index (Phi) is 3.99. The van der Waals surface area contributed by atoms with Crippen molar-refractivity contribution >= 4 is 5.78 Å². The molecule has 0 amide bonds. The number of halogens is 2. The molecule has 2 nitrogen and oxygen atoms in total. The molecule has 0 radical (unpaired) electrons. The van der Waals surface area contributed by atoms with Gasteiger partial charge in [0, 0.05) is 13.3 Å². The van der Waals surface area contributed by atoms with E-state index in [1.54, 1.807) is 24.3 Å². The second-order valence-electron chi connectivity index (χ2n) is 3.88. The van der Waals surface area contributed by atoms with Crippen LogP contribution in [0.25, 0.3) is 0 Å². The van der Waals surface area contributed by atoms with Crippen LogP contribution in [0, 0.1) is 0 Å². The van der Waals surface area contributed by atoms with E-state index in [1.165, 1.54) is 6.92 Å². The van der Waals surface area contributed by atoms with E-state index in [0.29, 0.717) is 12.2 Å². The number of alkyl halides is 2. The molecule has 88 valence electrons. The monoisotopic (exact) mass is 228 g/mol. The van der Waals surface area contributed by atoms with E-state index in [4.69, 9.17) is 4.74 Å². The second-order valence-corrected chi connectivity index (χ2v) is 3.88. The van der Waals surface area contributed by atoms with E-state index in [9.17, 15) is 13.6 Å². The third-order valence-corrected chi connectivity index (χ3v) is 1.87. The Labute approximate surface area is 93.2 Å². The summed E-state index contributed by atoms with van der Waals surface area (Å²) in [5.74, 6) is -2.39. The van der Waals surface area contributed by atoms with Gasteiger partial charge in [0.2, 0.25) is 0 Å². The van der Waals surface area contributed by atoms with Gasteiger partial charge in [0.05, 0.1) is 0 Å². The van der Waals surface area contributed by atoms with Gasteiger partial charge in [0.25, 0.3) is 5.92 Å². The normalized spacial score (nSPS) is 11.2. The molecule has 0 heterocycles. The van der Waals surface area contributed by atoms with Gasteiger partial charge in [-0.05, 0) is 24.6 Å². The molecule has 0 aromatic heterocycles. The minimum Gasteiger partial charge on any atom is -0.487 e. The standard InChI is InChI=1S/C12H14F2O2/c1-9(15)7-10-3-5-11(6-4-10)16-8-12(2,13)14/h3-6H,7-8H2,1-2H3. The van der Waals surface area contributed by atoms with Crippen LogP contribution in [0.2, 0.25) is 0 Å². The molecule has 0 atom stereocenters. The summed E-state index contributed by atoms with van der Waals surface area (Å²) >= 11 is 0. The summed E-state index contributed by atoms with van der Waals surface area (Å²) < 4.78 is 29.9. The molecular formula is C12H14F2O2. The maximum Gasteiger partial charge on any atom is 0.278 e. The van der Waals surface area contributed by atoms with E-state index >= 15 is 0 Å². The molecule has 0 aliphatic heterocycles. The number of hydrogen-bond donors (Lipinski definition) is 0. The van der Waals surface area contributed by atoms with Crippen molar-refractivity contribution in [3.8, 4) is 5.75 Å². The van der Waals surface area contributed by atoms with Crippen LogP contribution < -0.4 is 4.74 Å². The topological polar surface area (TPSA) is 26.3 Å². The van der Waals surface area contributed by atoms with Gasteiger partial charge in [0.15, 0.2) is 6.61 Å². The molecule has 1 aromatic rings. The van der Waals surface area contributed by atoms with Crippen molar-refractivity contribution in [2.75, 3.05) is 6.61 Å². The van der Waals surface area contributed by atoms with Gasteiger partial charge in [0.1, 0.15) is 11.5 Å². The lowest BCUT2D eigenvalue weighted by Gasteiger charge is -2.12. The number of rotatable bonds is 5. The fourth-order valence-corrected chi connectivity index (χ4v) is 1.20. The molecule has 0 saturated heterocycles. The highest BCUT2D eigenvalue weighted by atomic mass is 19.3. The minimum absolute atomic E-state index is 0.0637. The van der Waals surface area contributed by atoms with Gasteiger partial charge < -0.3 is 4.74 Å². The Balaban J connectivity index is 2.55. The van der Waals surface area contributed by atoms with Crippen LogP contribution in [-0.2, 0) is 11.2 Å². The van der Waals surface area contributed by atoms with Crippen molar-refractivity contribution in [2.45, 2.75) is 26.2 Å². The lowest BCUT2D eigenvalue weighted by atomic mass is 10.1. The van der Waals surface area contributed by atoms with E-state index < -0.39 is 12.5 Å². The van der Waals surface area contributed by atoms with Gasteiger partial charge in [-0.2, -0.15) is 0 Å². The van der Waals surface area contributed by atoms with Crippen LogP contribution in [-0.4, -0.2) is 18.3 Å². The summed E-state index contributed by atoms with van der Waals surface area (Å²) in [7, 11) is 0. The van der Waals surface area contributed by atoms with Gasteiger partial charge in [-0.15, -0.1) is 0 Å². The number of ketones is 1. The lowest BCUT2D eigenvalue weighted by molar-refractivity contribution is -0.116. The predicted octanol–water partition coefficient (Wildman–Crippen LogP) is 2.85. The van der Waals surface area contributed by atoms with Gasteiger partial charge in [-0.1, -0.05) is 12.1 Å². The molecule has 0 aliphatic rings. The molecule has 4 heteroatoms. The molecule has 0 bridgehead atoms. The smallest absolute Gasteiger partial charge is 0.278 e. The zero-order valence-electron chi connectivity index (χ0n) is 9.30. The van der Waals surface area contributed by atoms with Crippen molar-refractivity contribution in [3.05, 3.63) is 29.8 Å². The van der Waals surface area contributed by atoms with Crippen molar-refractivity contribution in [1.82, 2.24) is 0 Å². The number of ether oxygens (including phenoxy) is 1. The quantitative estimate of drug-likeness (QED) is 0.774. The Bertz CT molecular complexity index is 352. The molecule has 0 N–H and O–H groups in total. The van der Waals surface area contributed by atoms with E-state index in [-0.39, 0.29) is 5.78 Å². The average molecular weight is 228 g/mol. The van der Waals surface area contributed by atoms with Crippen molar-refractivity contribution in [2.24, 2.45) is 0 Å². The molecule has 16 heavy (non-hydrogen) atoms. The lowest BCUT2D eigenvalue weighted by Crippen LogP contribution is -2.20. The number of carbonyl (C=O) groups excluding carboxylic acids is 1. The molecule has 0 aliphatic carbocycles. The zero-order valence-corrected chi connectivity index (χ0v) is 9.30. The zero-order chi connectivity index (χ0) is 12.2. The third kappa shape index (κ3) is 4.87. The SMILES string of the molecule is CC(=O)Cc1ccc(OCC(C)(F)F)cc1. The van der Waals surface area contributed by atoms with Crippen LogP contribution in [0.3, 0.4) is 0 Å². The first kappa shape index (κ1) is 12.6. The summed E-state index contributed by atoms with van der Waals surface area (Å²) in [6.45, 7) is 1.66. The summed E-state index contributed by atoms with van der Waals surface area (Å²) in [5.41, 5.74) is 0.850. The highest BCUT2D eigenvalue weighted by Gasteiger charge is 2.21. The van der Waals surface area contributed by atoms with Crippen molar-refractivity contribution in [3.63, 3.8) is 0 Å². The third-order valence-electron chi connectivity index (χ3n) is 1.87. The maximum absolute atomic E-state index is 12.5. The number of hydrogen-bond acceptors (Lipinski definition) is 2. The number of benzene rings is 1. The molecule has 1 rings (SSSR count). The van der Waals surface area contributed by atoms with Crippen LogP contribution >= 0.6 is 0 Å². The van der Waals surface area contributed by atoms with Crippen LogP contribution in [0.5, 0.6) is 5.75 Å². The van der Waals surface area contributed by atoms with Gasteiger partial charge >= 0.3 is 0 Å². The van der Waals surface area contributed by atoms with Crippen LogP contribution in [0.1, 0.15) is 19.4 Å². The van der Waals surface area contributed by atoms with E-state index in [1.807, 2.05) is 0 Å². The molecule has 0 fully saturated rings. The molecule has 1 aromatic carbocycles. The number of Topliss-reactive ketones (excluding diaryl/α,β-unsaturated/α-hetero) is 1.